The fraction of sp³-hybridized carbons (Fsp3) is 0.583. The van der Waals surface area contributed by atoms with Crippen molar-refractivity contribution in [3.05, 3.63) is 28.5 Å². The Bertz CT molecular complexity index is 355. The second-order valence-corrected chi connectivity index (χ2v) is 5.18. The van der Waals surface area contributed by atoms with Gasteiger partial charge in [0, 0.05) is 42.6 Å². The van der Waals surface area contributed by atoms with E-state index in [4.69, 9.17) is 10.5 Å². The highest BCUT2D eigenvalue weighted by molar-refractivity contribution is 9.10. The summed E-state index contributed by atoms with van der Waals surface area (Å²) in [5.41, 5.74) is 6.90. The minimum Gasteiger partial charge on any atom is -0.377 e. The first-order valence-electron chi connectivity index (χ1n) is 5.95. The lowest BCUT2D eigenvalue weighted by molar-refractivity contribution is 0.107. The fourth-order valence-corrected chi connectivity index (χ4v) is 2.42. The molecule has 94 valence electrons. The van der Waals surface area contributed by atoms with Gasteiger partial charge in [0.2, 0.25) is 0 Å². The van der Waals surface area contributed by atoms with Crippen LogP contribution in [-0.2, 0) is 4.74 Å². The highest BCUT2D eigenvalue weighted by Crippen LogP contribution is 2.17. The Balaban J connectivity index is 1.91. The van der Waals surface area contributed by atoms with Crippen LogP contribution in [0, 0.1) is 0 Å². The maximum atomic E-state index is 5.79. The van der Waals surface area contributed by atoms with E-state index in [1.54, 1.807) is 6.20 Å². The zero-order chi connectivity index (χ0) is 12.1. The van der Waals surface area contributed by atoms with E-state index in [0.29, 0.717) is 12.6 Å². The molecule has 2 rings (SSSR count). The van der Waals surface area contributed by atoms with E-state index in [0.717, 1.165) is 36.0 Å². The molecule has 0 saturated carbocycles. The van der Waals surface area contributed by atoms with Gasteiger partial charge in [-0.05, 0) is 40.4 Å². The standard InChI is InChI=1S/C12H18BrN3O/c13-10-4-9(6-15-7-10)12(5-14)16-8-11-2-1-3-17-11/h4,6-7,11-12,16H,1-3,5,8,14H2. The number of rotatable bonds is 5. The lowest BCUT2D eigenvalue weighted by Crippen LogP contribution is -2.34. The second kappa shape index (κ2) is 6.44. The van der Waals surface area contributed by atoms with E-state index < -0.39 is 0 Å². The van der Waals surface area contributed by atoms with Crippen LogP contribution in [0.5, 0.6) is 0 Å². The van der Waals surface area contributed by atoms with Gasteiger partial charge >= 0.3 is 0 Å². The maximum Gasteiger partial charge on any atom is 0.0700 e. The van der Waals surface area contributed by atoms with Crippen LogP contribution in [0.25, 0.3) is 0 Å². The van der Waals surface area contributed by atoms with Crippen LogP contribution in [-0.4, -0.2) is 30.8 Å². The van der Waals surface area contributed by atoms with Gasteiger partial charge in [-0.15, -0.1) is 0 Å². The summed E-state index contributed by atoms with van der Waals surface area (Å²) in [7, 11) is 0. The van der Waals surface area contributed by atoms with Crippen LogP contribution in [0.4, 0.5) is 0 Å². The first-order chi connectivity index (χ1) is 8.29. The summed E-state index contributed by atoms with van der Waals surface area (Å²) >= 11 is 3.42. The summed E-state index contributed by atoms with van der Waals surface area (Å²) in [5.74, 6) is 0. The lowest BCUT2D eigenvalue weighted by atomic mass is 10.1. The van der Waals surface area contributed by atoms with Gasteiger partial charge in [0.15, 0.2) is 0 Å². The van der Waals surface area contributed by atoms with E-state index >= 15 is 0 Å². The lowest BCUT2D eigenvalue weighted by Gasteiger charge is -2.19. The van der Waals surface area contributed by atoms with Crippen LogP contribution >= 0.6 is 15.9 Å². The van der Waals surface area contributed by atoms with E-state index in [2.05, 4.69) is 26.2 Å². The molecule has 5 heteroatoms. The molecule has 1 aromatic heterocycles. The molecule has 0 aromatic carbocycles. The smallest absolute Gasteiger partial charge is 0.0700 e. The number of hydrogen-bond acceptors (Lipinski definition) is 4. The van der Waals surface area contributed by atoms with Crippen molar-refractivity contribution in [2.75, 3.05) is 19.7 Å². The molecule has 1 aliphatic heterocycles. The molecule has 0 radical (unpaired) electrons. The van der Waals surface area contributed by atoms with Crippen molar-refractivity contribution in [1.82, 2.24) is 10.3 Å². The minimum absolute atomic E-state index is 0.143. The zero-order valence-corrected chi connectivity index (χ0v) is 11.3. The third-order valence-electron chi connectivity index (χ3n) is 2.98. The monoisotopic (exact) mass is 299 g/mol. The van der Waals surface area contributed by atoms with Crippen molar-refractivity contribution in [2.24, 2.45) is 5.73 Å². The maximum absolute atomic E-state index is 5.79. The van der Waals surface area contributed by atoms with Crippen molar-refractivity contribution < 1.29 is 4.74 Å². The number of hydrogen-bond donors (Lipinski definition) is 2. The fourth-order valence-electron chi connectivity index (χ4n) is 2.04. The third-order valence-corrected chi connectivity index (χ3v) is 3.41. The Hall–Kier alpha value is -0.490. The van der Waals surface area contributed by atoms with Gasteiger partial charge in [0.05, 0.1) is 6.10 Å². The molecule has 1 aliphatic rings. The summed E-state index contributed by atoms with van der Waals surface area (Å²) in [4.78, 5) is 4.16. The number of halogens is 1. The Labute approximate surface area is 110 Å². The van der Waals surface area contributed by atoms with E-state index in [-0.39, 0.29) is 6.04 Å². The molecular weight excluding hydrogens is 282 g/mol. The molecule has 17 heavy (non-hydrogen) atoms. The largest absolute Gasteiger partial charge is 0.377 e. The van der Waals surface area contributed by atoms with E-state index in [1.165, 1.54) is 0 Å². The van der Waals surface area contributed by atoms with Crippen LogP contribution in [0.1, 0.15) is 24.4 Å². The van der Waals surface area contributed by atoms with Gasteiger partial charge in [-0.3, -0.25) is 4.98 Å². The number of nitrogens with one attached hydrogen (secondary N) is 1. The van der Waals surface area contributed by atoms with Gasteiger partial charge in [-0.1, -0.05) is 0 Å². The summed E-state index contributed by atoms with van der Waals surface area (Å²) < 4.78 is 6.56. The zero-order valence-electron chi connectivity index (χ0n) is 9.73. The quantitative estimate of drug-likeness (QED) is 0.867. The van der Waals surface area contributed by atoms with Crippen LogP contribution in [0.2, 0.25) is 0 Å². The Morgan fingerprint density at radius 1 is 1.59 bits per heavy atom. The predicted octanol–water partition coefficient (Wildman–Crippen LogP) is 1.61. The number of pyridine rings is 1. The molecule has 0 aliphatic carbocycles. The Morgan fingerprint density at radius 3 is 3.12 bits per heavy atom. The highest BCUT2D eigenvalue weighted by atomic mass is 79.9. The Kier molecular flexibility index (Phi) is 4.91. The van der Waals surface area contributed by atoms with E-state index in [1.807, 2.05) is 12.3 Å². The topological polar surface area (TPSA) is 60.2 Å². The van der Waals surface area contributed by atoms with Crippen LogP contribution < -0.4 is 11.1 Å². The summed E-state index contributed by atoms with van der Waals surface area (Å²) in [6.07, 6.45) is 6.27. The normalized spacial score (nSPS) is 21.6. The molecule has 0 spiro atoms. The van der Waals surface area contributed by atoms with Crippen LogP contribution in [0.3, 0.4) is 0 Å². The average molecular weight is 300 g/mol. The van der Waals surface area contributed by atoms with Gasteiger partial charge in [-0.2, -0.15) is 0 Å². The molecule has 1 saturated heterocycles. The molecule has 3 N–H and O–H groups in total. The molecule has 1 aromatic rings. The molecule has 0 amide bonds. The average Bonchev–Trinajstić information content (AvgIpc) is 2.83. The summed E-state index contributed by atoms with van der Waals surface area (Å²) in [6, 6.07) is 2.19. The van der Waals surface area contributed by atoms with Crippen LogP contribution in [0.15, 0.2) is 22.9 Å². The minimum atomic E-state index is 0.143. The van der Waals surface area contributed by atoms with Gasteiger partial charge < -0.3 is 15.8 Å². The van der Waals surface area contributed by atoms with Crippen molar-refractivity contribution in [3.63, 3.8) is 0 Å². The SMILES string of the molecule is NCC(NCC1CCCO1)c1cncc(Br)c1. The number of aromatic nitrogens is 1. The first-order valence-corrected chi connectivity index (χ1v) is 6.74. The van der Waals surface area contributed by atoms with Gasteiger partial charge in [0.1, 0.15) is 0 Å². The third kappa shape index (κ3) is 3.74. The van der Waals surface area contributed by atoms with E-state index in [9.17, 15) is 0 Å². The highest BCUT2D eigenvalue weighted by Gasteiger charge is 2.17. The molecule has 4 nitrogen and oxygen atoms in total. The predicted molar refractivity (Wildman–Crippen MR) is 70.7 cm³/mol. The molecule has 2 unspecified atom stereocenters. The van der Waals surface area contributed by atoms with Crippen molar-refractivity contribution in [2.45, 2.75) is 25.0 Å². The molecule has 2 atom stereocenters. The second-order valence-electron chi connectivity index (χ2n) is 4.27. The van der Waals surface area contributed by atoms with Crippen molar-refractivity contribution in [3.8, 4) is 0 Å². The first kappa shape index (κ1) is 13.0. The molecule has 0 bridgehead atoms. The van der Waals surface area contributed by atoms with Gasteiger partial charge in [-0.25, -0.2) is 0 Å². The number of nitrogens with two attached hydrogens (primary N) is 1. The number of ether oxygens (including phenoxy) is 1. The molecular formula is C12H18BrN3O. The Morgan fingerprint density at radius 2 is 2.47 bits per heavy atom. The molecule has 1 fully saturated rings. The summed E-state index contributed by atoms with van der Waals surface area (Å²) in [5, 5.41) is 3.44. The van der Waals surface area contributed by atoms with Crippen molar-refractivity contribution in [1.29, 1.82) is 0 Å². The van der Waals surface area contributed by atoms with Gasteiger partial charge in [0.25, 0.3) is 0 Å². The number of nitrogens with zero attached hydrogens (tertiary/aromatic N) is 1. The summed E-state index contributed by atoms with van der Waals surface area (Å²) in [6.45, 7) is 2.30. The molecule has 2 heterocycles. The van der Waals surface area contributed by atoms with Crippen molar-refractivity contribution >= 4 is 15.9 Å².